The number of hydrogen-bond donors (Lipinski definition) is 2. The average Bonchev–Trinajstić information content (AvgIpc) is 3.25. The highest BCUT2D eigenvalue weighted by atomic mass is 19.4. The number of alkyl halides is 6. The van der Waals surface area contributed by atoms with Crippen LogP contribution in [0.15, 0.2) is 47.3 Å². The molecule has 1 saturated heterocycles. The summed E-state index contributed by atoms with van der Waals surface area (Å²) < 4.78 is 106. The molecule has 0 aliphatic carbocycles. The van der Waals surface area contributed by atoms with Gasteiger partial charge in [-0.15, -0.1) is 0 Å². The van der Waals surface area contributed by atoms with Crippen LogP contribution in [0, 0.1) is 5.82 Å². The summed E-state index contributed by atoms with van der Waals surface area (Å²) in [5.74, 6) is -0.253. The molecular weight excluding hydrogens is 525 g/mol. The molecule has 0 amide bonds. The molecule has 38 heavy (non-hydrogen) atoms. The van der Waals surface area contributed by atoms with E-state index in [1.54, 1.807) is 11.8 Å². The number of nitrogens with one attached hydrogen (secondary N) is 2. The fourth-order valence-corrected chi connectivity index (χ4v) is 4.37. The fourth-order valence-electron chi connectivity index (χ4n) is 4.37. The zero-order chi connectivity index (χ0) is 27.9. The van der Waals surface area contributed by atoms with Crippen LogP contribution < -0.4 is 5.69 Å². The topological polar surface area (TPSA) is 83.2 Å². The van der Waals surface area contributed by atoms with Crippen molar-refractivity contribution >= 4 is 0 Å². The van der Waals surface area contributed by atoms with E-state index in [1.807, 2.05) is 0 Å². The van der Waals surface area contributed by atoms with Gasteiger partial charge in [-0.1, -0.05) is 12.1 Å². The van der Waals surface area contributed by atoms with Crippen molar-refractivity contribution in [3.05, 3.63) is 86.8 Å². The van der Waals surface area contributed by atoms with Crippen molar-refractivity contribution in [2.45, 2.75) is 50.7 Å². The Morgan fingerprint density at radius 2 is 1.71 bits per heavy atom. The lowest BCUT2D eigenvalue weighted by Gasteiger charge is -2.49. The molecule has 1 fully saturated rings. The summed E-state index contributed by atoms with van der Waals surface area (Å²) in [5.41, 5.74) is -4.55. The smallest absolute Gasteiger partial charge is 0.349 e. The van der Waals surface area contributed by atoms with E-state index in [0.717, 1.165) is 0 Å². The highest BCUT2D eigenvalue weighted by Crippen LogP contribution is 2.42. The van der Waals surface area contributed by atoms with Gasteiger partial charge in [-0.25, -0.2) is 14.3 Å². The Morgan fingerprint density at radius 3 is 2.24 bits per heavy atom. The van der Waals surface area contributed by atoms with Crippen LogP contribution in [0.25, 0.3) is 0 Å². The zero-order valence-corrected chi connectivity index (χ0v) is 20.1. The number of aromatic nitrogens is 3. The molecule has 2 N–H and O–H groups in total. The summed E-state index contributed by atoms with van der Waals surface area (Å²) in [6.45, 7) is 3.44. The highest BCUT2D eigenvalue weighted by molar-refractivity contribution is 5.35. The van der Waals surface area contributed by atoms with E-state index in [4.69, 9.17) is 9.47 Å². The van der Waals surface area contributed by atoms with Gasteiger partial charge >= 0.3 is 18.0 Å². The molecular formula is C24H23F7N4O3. The van der Waals surface area contributed by atoms with E-state index >= 15 is 0 Å². The third-order valence-corrected chi connectivity index (χ3v) is 6.47. The van der Waals surface area contributed by atoms with Crippen molar-refractivity contribution in [2.75, 3.05) is 13.2 Å². The number of halogens is 7. The number of ether oxygens (including phenoxy) is 2. The van der Waals surface area contributed by atoms with Crippen LogP contribution in [0.3, 0.4) is 0 Å². The summed E-state index contributed by atoms with van der Waals surface area (Å²) in [6.07, 6.45) is -12.5. The van der Waals surface area contributed by atoms with Crippen molar-refractivity contribution in [2.24, 2.45) is 0 Å². The molecule has 1 aromatic heterocycles. The third kappa shape index (κ3) is 5.76. The molecule has 14 heteroatoms. The van der Waals surface area contributed by atoms with Gasteiger partial charge in [0.1, 0.15) is 11.6 Å². The van der Waals surface area contributed by atoms with Crippen molar-refractivity contribution in [3.63, 3.8) is 0 Å². The SMILES string of the molecule is C[C@@H](O[C@H]1OCCN(Cc2n[nH]c(=O)[nH]2)[C@]1(C)c1ccc(F)cc1)c1cc(C(F)(F)F)cc(C(F)(F)F)c1. The van der Waals surface area contributed by atoms with Crippen LogP contribution in [0.4, 0.5) is 30.7 Å². The van der Waals surface area contributed by atoms with E-state index in [0.29, 0.717) is 24.2 Å². The minimum atomic E-state index is -5.02. The first-order valence-corrected chi connectivity index (χ1v) is 11.4. The van der Waals surface area contributed by atoms with Gasteiger partial charge in [0.05, 0.1) is 35.9 Å². The van der Waals surface area contributed by atoms with E-state index < -0.39 is 52.9 Å². The van der Waals surface area contributed by atoms with Crippen LogP contribution >= 0.6 is 0 Å². The van der Waals surface area contributed by atoms with Crippen molar-refractivity contribution in [1.82, 2.24) is 20.1 Å². The Balaban J connectivity index is 1.72. The number of rotatable bonds is 6. The third-order valence-electron chi connectivity index (χ3n) is 6.47. The second kappa shape index (κ2) is 10.2. The first kappa shape index (κ1) is 27.8. The van der Waals surface area contributed by atoms with Crippen LogP contribution in [0.5, 0.6) is 0 Å². The maximum absolute atomic E-state index is 13.7. The second-order valence-corrected chi connectivity index (χ2v) is 9.02. The molecule has 0 saturated carbocycles. The molecule has 1 aliphatic rings. The van der Waals surface area contributed by atoms with Gasteiger partial charge in [-0.3, -0.25) is 9.88 Å². The molecule has 4 rings (SSSR count). The van der Waals surface area contributed by atoms with Crippen molar-refractivity contribution in [3.8, 4) is 0 Å². The number of hydrogen-bond acceptors (Lipinski definition) is 5. The Kier molecular flexibility index (Phi) is 7.43. The molecule has 206 valence electrons. The average molecular weight is 548 g/mol. The number of morpholine rings is 1. The standard InChI is InChI=1S/C24H23F7N4O3/c1-13(14-9-16(23(26,27)28)11-17(10-14)24(29,30)31)38-20-22(2,15-3-5-18(25)6-4-15)35(7-8-37-20)12-19-32-21(36)34-33-19/h3-6,9-11,13,20H,7-8,12H2,1-2H3,(H2,32,33,34,36)/t13-,20-,22-/m1/s1. The summed E-state index contributed by atoms with van der Waals surface area (Å²) in [4.78, 5) is 15.9. The molecule has 2 aromatic carbocycles. The number of aromatic amines is 2. The van der Waals surface area contributed by atoms with Crippen molar-refractivity contribution in [1.29, 1.82) is 0 Å². The number of benzene rings is 2. The Labute approximate surface area is 211 Å². The quantitative estimate of drug-likeness (QED) is 0.418. The van der Waals surface area contributed by atoms with Gasteiger partial charge in [0.2, 0.25) is 0 Å². The largest absolute Gasteiger partial charge is 0.416 e. The Morgan fingerprint density at radius 1 is 1.11 bits per heavy atom. The lowest BCUT2D eigenvalue weighted by atomic mass is 9.87. The fraction of sp³-hybridized carbons (Fsp3) is 0.417. The lowest BCUT2D eigenvalue weighted by Crippen LogP contribution is -2.58. The molecule has 3 atom stereocenters. The van der Waals surface area contributed by atoms with Crippen LogP contribution in [0.1, 0.15) is 48.0 Å². The molecule has 0 spiro atoms. The predicted molar refractivity (Wildman–Crippen MR) is 119 cm³/mol. The lowest BCUT2D eigenvalue weighted by molar-refractivity contribution is -0.265. The van der Waals surface area contributed by atoms with Gasteiger partial charge in [-0.2, -0.15) is 31.4 Å². The minimum absolute atomic E-state index is 0.0440. The summed E-state index contributed by atoms with van der Waals surface area (Å²) >= 11 is 0. The minimum Gasteiger partial charge on any atom is -0.349 e. The molecule has 0 bridgehead atoms. The van der Waals surface area contributed by atoms with Crippen LogP contribution in [-0.4, -0.2) is 39.5 Å². The van der Waals surface area contributed by atoms with Gasteiger partial charge < -0.3 is 9.47 Å². The predicted octanol–water partition coefficient (Wildman–Crippen LogP) is 5.13. The maximum Gasteiger partial charge on any atom is 0.416 e. The Bertz CT molecular complexity index is 1290. The first-order valence-electron chi connectivity index (χ1n) is 11.4. The maximum atomic E-state index is 13.7. The molecule has 0 unspecified atom stereocenters. The summed E-state index contributed by atoms with van der Waals surface area (Å²) in [5, 5.41) is 6.14. The normalized spacial score (nSPS) is 22.0. The second-order valence-electron chi connectivity index (χ2n) is 9.02. The van der Waals surface area contributed by atoms with Gasteiger partial charge in [0.15, 0.2) is 6.29 Å². The van der Waals surface area contributed by atoms with E-state index in [-0.39, 0.29) is 30.6 Å². The molecule has 2 heterocycles. The monoisotopic (exact) mass is 548 g/mol. The molecule has 7 nitrogen and oxygen atoms in total. The van der Waals surface area contributed by atoms with Crippen molar-refractivity contribution < 1.29 is 40.2 Å². The first-order chi connectivity index (χ1) is 17.7. The molecule has 1 aliphatic heterocycles. The summed E-state index contributed by atoms with van der Waals surface area (Å²) in [7, 11) is 0. The highest BCUT2D eigenvalue weighted by Gasteiger charge is 2.47. The van der Waals surface area contributed by atoms with Gasteiger partial charge in [-0.05, 0) is 55.3 Å². The zero-order valence-electron chi connectivity index (χ0n) is 20.1. The number of H-pyrrole nitrogens is 2. The van der Waals surface area contributed by atoms with Gasteiger partial charge in [0, 0.05) is 6.54 Å². The van der Waals surface area contributed by atoms with E-state index in [9.17, 15) is 35.5 Å². The van der Waals surface area contributed by atoms with Crippen LogP contribution in [0.2, 0.25) is 0 Å². The van der Waals surface area contributed by atoms with Gasteiger partial charge in [0.25, 0.3) is 0 Å². The van der Waals surface area contributed by atoms with E-state index in [1.165, 1.54) is 31.2 Å². The summed E-state index contributed by atoms with van der Waals surface area (Å²) in [6, 6.07) is 6.59. The number of nitrogens with zero attached hydrogens (tertiary/aromatic N) is 2. The molecule has 3 aromatic rings. The van der Waals surface area contributed by atoms with E-state index in [2.05, 4.69) is 15.2 Å². The Hall–Kier alpha value is -3.23. The molecule has 0 radical (unpaired) electrons. The van der Waals surface area contributed by atoms with Crippen LogP contribution in [-0.2, 0) is 33.9 Å².